The second-order valence-electron chi connectivity index (χ2n) is 6.96. The maximum absolute atomic E-state index is 11.7. The van der Waals surface area contributed by atoms with Crippen LogP contribution in [0.25, 0.3) is 0 Å². The van der Waals surface area contributed by atoms with Gasteiger partial charge in [-0.3, -0.25) is 4.90 Å². The Morgan fingerprint density at radius 2 is 1.21 bits per heavy atom. The Bertz CT molecular complexity index is 939. The van der Waals surface area contributed by atoms with E-state index in [1.807, 2.05) is 66.7 Å². The number of para-hydroxylation sites is 1. The first-order valence-corrected chi connectivity index (χ1v) is 9.67. The molecule has 3 heteroatoms. The highest BCUT2D eigenvalue weighted by molar-refractivity contribution is 5.47. The zero-order valence-corrected chi connectivity index (χ0v) is 15.8. The molecule has 0 spiro atoms. The molecule has 28 heavy (non-hydrogen) atoms. The van der Waals surface area contributed by atoms with Crippen molar-refractivity contribution in [2.75, 3.05) is 31.1 Å². The molecule has 0 saturated carbocycles. The summed E-state index contributed by atoms with van der Waals surface area (Å²) >= 11 is 0. The molecule has 1 atom stereocenters. The number of anilines is 1. The summed E-state index contributed by atoms with van der Waals surface area (Å²) < 4.78 is 0. The number of hydrogen-bond acceptors (Lipinski definition) is 3. The second kappa shape index (κ2) is 8.31. The van der Waals surface area contributed by atoms with Crippen LogP contribution in [0.4, 0.5) is 5.69 Å². The first kappa shape index (κ1) is 18.3. The largest absolute Gasteiger partial charge is 0.369 e. The molecule has 0 radical (unpaired) electrons. The lowest BCUT2D eigenvalue weighted by Gasteiger charge is -2.42. The summed E-state index contributed by atoms with van der Waals surface area (Å²) in [7, 11) is 0. The monoisotopic (exact) mass is 368 g/mol. The van der Waals surface area contributed by atoms with Gasteiger partial charge in [-0.2, -0.15) is 0 Å². The maximum Gasteiger partial charge on any atom is 0.209 e. The number of benzene rings is 3. The molecule has 3 aromatic carbocycles. The van der Waals surface area contributed by atoms with Gasteiger partial charge in [0.1, 0.15) is 0 Å². The minimum absolute atomic E-state index is 0.740. The van der Waals surface area contributed by atoms with E-state index in [0.717, 1.165) is 37.3 Å². The SMILES string of the molecule is OC(C#Cc1ccccc1)(c1ccccc1)N1CCN(c2ccccc2)CC1. The van der Waals surface area contributed by atoms with Crippen molar-refractivity contribution in [3.8, 4) is 11.8 Å². The van der Waals surface area contributed by atoms with Crippen molar-refractivity contribution in [1.82, 2.24) is 4.90 Å². The topological polar surface area (TPSA) is 26.7 Å². The van der Waals surface area contributed by atoms with Gasteiger partial charge in [0.2, 0.25) is 5.72 Å². The minimum Gasteiger partial charge on any atom is -0.369 e. The molecule has 140 valence electrons. The fraction of sp³-hybridized carbons (Fsp3) is 0.200. The van der Waals surface area contributed by atoms with Gasteiger partial charge in [0.25, 0.3) is 0 Å². The van der Waals surface area contributed by atoms with E-state index in [0.29, 0.717) is 0 Å². The number of piperazine rings is 1. The van der Waals surface area contributed by atoms with Crippen LogP contribution < -0.4 is 4.90 Å². The Morgan fingerprint density at radius 1 is 0.679 bits per heavy atom. The first-order valence-electron chi connectivity index (χ1n) is 9.67. The molecule has 1 saturated heterocycles. The molecule has 0 aromatic heterocycles. The van der Waals surface area contributed by atoms with Crippen LogP contribution in [-0.2, 0) is 5.72 Å². The minimum atomic E-state index is -1.31. The summed E-state index contributed by atoms with van der Waals surface area (Å²) in [5.74, 6) is 6.33. The summed E-state index contributed by atoms with van der Waals surface area (Å²) in [6.07, 6.45) is 0. The Balaban J connectivity index is 1.59. The molecule has 0 amide bonds. The van der Waals surface area contributed by atoms with Crippen LogP contribution in [0.5, 0.6) is 0 Å². The molecular weight excluding hydrogens is 344 g/mol. The molecule has 0 aliphatic carbocycles. The third-order valence-corrected chi connectivity index (χ3v) is 5.19. The van der Waals surface area contributed by atoms with Gasteiger partial charge >= 0.3 is 0 Å². The number of rotatable bonds is 3. The molecule has 0 bridgehead atoms. The molecule has 3 nitrogen and oxygen atoms in total. The summed E-state index contributed by atoms with van der Waals surface area (Å²) in [4.78, 5) is 4.43. The van der Waals surface area contributed by atoms with Crippen molar-refractivity contribution >= 4 is 5.69 Å². The Labute approximate surface area is 166 Å². The van der Waals surface area contributed by atoms with Crippen LogP contribution in [-0.4, -0.2) is 36.2 Å². The van der Waals surface area contributed by atoms with Crippen molar-refractivity contribution in [1.29, 1.82) is 0 Å². The van der Waals surface area contributed by atoms with Crippen molar-refractivity contribution in [2.24, 2.45) is 0 Å². The highest BCUT2D eigenvalue weighted by Gasteiger charge is 2.36. The molecular formula is C25H24N2O. The third-order valence-electron chi connectivity index (χ3n) is 5.19. The molecule has 1 fully saturated rings. The quantitative estimate of drug-likeness (QED) is 0.714. The molecule has 1 aliphatic heterocycles. The summed E-state index contributed by atoms with van der Waals surface area (Å²) in [5.41, 5.74) is 1.63. The smallest absolute Gasteiger partial charge is 0.209 e. The molecule has 4 rings (SSSR count). The zero-order valence-electron chi connectivity index (χ0n) is 15.8. The Kier molecular flexibility index (Phi) is 5.43. The highest BCUT2D eigenvalue weighted by Crippen LogP contribution is 2.28. The number of nitrogens with zero attached hydrogens (tertiary/aromatic N) is 2. The van der Waals surface area contributed by atoms with Crippen LogP contribution >= 0.6 is 0 Å². The van der Waals surface area contributed by atoms with Gasteiger partial charge in [-0.1, -0.05) is 72.7 Å². The van der Waals surface area contributed by atoms with Crippen molar-refractivity contribution in [3.05, 3.63) is 102 Å². The van der Waals surface area contributed by atoms with E-state index in [9.17, 15) is 5.11 Å². The van der Waals surface area contributed by atoms with Crippen LogP contribution in [0.15, 0.2) is 91.0 Å². The van der Waals surface area contributed by atoms with Crippen molar-refractivity contribution in [3.63, 3.8) is 0 Å². The predicted molar refractivity (Wildman–Crippen MR) is 114 cm³/mol. The van der Waals surface area contributed by atoms with Gasteiger partial charge < -0.3 is 10.0 Å². The van der Waals surface area contributed by atoms with E-state index < -0.39 is 5.72 Å². The van der Waals surface area contributed by atoms with Gasteiger partial charge in [-0.05, 0) is 30.2 Å². The normalized spacial score (nSPS) is 16.7. The lowest BCUT2D eigenvalue weighted by atomic mass is 9.99. The van der Waals surface area contributed by atoms with Crippen LogP contribution in [0.3, 0.4) is 0 Å². The Morgan fingerprint density at radius 3 is 1.82 bits per heavy atom. The van der Waals surface area contributed by atoms with Crippen LogP contribution in [0.1, 0.15) is 11.1 Å². The molecule has 1 N–H and O–H groups in total. The summed E-state index contributed by atoms with van der Waals surface area (Å²) in [6.45, 7) is 3.19. The van der Waals surface area contributed by atoms with Gasteiger partial charge in [0, 0.05) is 43.0 Å². The summed E-state index contributed by atoms with van der Waals surface area (Å²) in [5, 5.41) is 11.7. The van der Waals surface area contributed by atoms with E-state index in [1.165, 1.54) is 5.69 Å². The number of hydrogen-bond donors (Lipinski definition) is 1. The lowest BCUT2D eigenvalue weighted by molar-refractivity contribution is -0.0680. The molecule has 3 aromatic rings. The fourth-order valence-electron chi connectivity index (χ4n) is 3.61. The predicted octanol–water partition coefficient (Wildman–Crippen LogP) is 3.71. The maximum atomic E-state index is 11.7. The lowest BCUT2D eigenvalue weighted by Crippen LogP contribution is -2.55. The fourth-order valence-corrected chi connectivity index (χ4v) is 3.61. The average molecular weight is 368 g/mol. The van der Waals surface area contributed by atoms with Crippen molar-refractivity contribution in [2.45, 2.75) is 5.72 Å². The van der Waals surface area contributed by atoms with E-state index in [4.69, 9.17) is 0 Å². The van der Waals surface area contributed by atoms with Gasteiger partial charge in [0.05, 0.1) is 0 Å². The average Bonchev–Trinajstić information content (AvgIpc) is 2.79. The first-order chi connectivity index (χ1) is 13.8. The van der Waals surface area contributed by atoms with Crippen LogP contribution in [0, 0.1) is 11.8 Å². The van der Waals surface area contributed by atoms with Crippen LogP contribution in [0.2, 0.25) is 0 Å². The van der Waals surface area contributed by atoms with Gasteiger partial charge in [-0.25, -0.2) is 0 Å². The second-order valence-corrected chi connectivity index (χ2v) is 6.96. The van der Waals surface area contributed by atoms with Crippen molar-refractivity contribution < 1.29 is 5.11 Å². The van der Waals surface area contributed by atoms with Gasteiger partial charge in [0.15, 0.2) is 0 Å². The molecule has 1 aliphatic rings. The zero-order chi connectivity index (χ0) is 19.2. The van der Waals surface area contributed by atoms with E-state index in [1.54, 1.807) is 0 Å². The van der Waals surface area contributed by atoms with E-state index in [-0.39, 0.29) is 0 Å². The number of aliphatic hydroxyl groups is 1. The van der Waals surface area contributed by atoms with E-state index in [2.05, 4.69) is 45.9 Å². The van der Waals surface area contributed by atoms with E-state index >= 15 is 0 Å². The Hall–Kier alpha value is -3.06. The standard InChI is InChI=1S/C25H24N2O/c28-25(23-12-6-2-7-13-23,17-16-22-10-4-1-5-11-22)27-20-18-26(19-21-27)24-14-8-3-9-15-24/h1-15,28H,18-21H2. The molecule has 1 heterocycles. The summed E-state index contributed by atoms with van der Waals surface area (Å²) in [6, 6.07) is 30.0. The highest BCUT2D eigenvalue weighted by atomic mass is 16.3. The third kappa shape index (κ3) is 3.94. The van der Waals surface area contributed by atoms with Gasteiger partial charge in [-0.15, -0.1) is 0 Å². The molecule has 1 unspecified atom stereocenters.